The van der Waals surface area contributed by atoms with Crippen LogP contribution in [-0.4, -0.2) is 23.9 Å². The summed E-state index contributed by atoms with van der Waals surface area (Å²) in [5.74, 6) is 0.176. The van der Waals surface area contributed by atoms with Crippen LogP contribution in [0, 0.1) is 28.1 Å². The van der Waals surface area contributed by atoms with Crippen molar-refractivity contribution in [2.24, 2.45) is 16.7 Å². The van der Waals surface area contributed by atoms with Crippen molar-refractivity contribution in [2.45, 2.75) is 64.9 Å². The number of nitriles is 1. The fourth-order valence-corrected chi connectivity index (χ4v) is 4.20. The Bertz CT molecular complexity index is 360. The van der Waals surface area contributed by atoms with Crippen molar-refractivity contribution in [3.8, 4) is 6.07 Å². The zero-order valence-corrected chi connectivity index (χ0v) is 12.5. The van der Waals surface area contributed by atoms with Crippen LogP contribution in [0.4, 0.5) is 0 Å². The Hall–Kier alpha value is -0.590. The molecule has 1 saturated carbocycles. The Balaban J connectivity index is 2.38. The summed E-state index contributed by atoms with van der Waals surface area (Å²) in [7, 11) is 0. The number of hydrogen-bond acceptors (Lipinski definition) is 3. The highest BCUT2D eigenvalue weighted by molar-refractivity contribution is 5.16. The molecular formula is C16H27NO2. The highest BCUT2D eigenvalue weighted by atomic mass is 16.5. The predicted molar refractivity (Wildman–Crippen MR) is 74.5 cm³/mol. The Morgan fingerprint density at radius 2 is 1.95 bits per heavy atom. The van der Waals surface area contributed by atoms with Crippen molar-refractivity contribution >= 4 is 0 Å². The summed E-state index contributed by atoms with van der Waals surface area (Å²) in [5.41, 5.74) is -1.57. The summed E-state index contributed by atoms with van der Waals surface area (Å²) in [6.45, 7) is 7.67. The van der Waals surface area contributed by atoms with Crippen LogP contribution in [0.15, 0.2) is 0 Å². The zero-order valence-electron chi connectivity index (χ0n) is 12.5. The number of aliphatic hydroxyl groups is 1. The summed E-state index contributed by atoms with van der Waals surface area (Å²) in [6.07, 6.45) is 5.59. The summed E-state index contributed by atoms with van der Waals surface area (Å²) < 4.78 is 5.57. The average Bonchev–Trinajstić information content (AvgIpc) is 2.38. The number of ether oxygens (including phenoxy) is 1. The molecule has 1 heterocycles. The van der Waals surface area contributed by atoms with Gasteiger partial charge in [-0.25, -0.2) is 0 Å². The molecule has 0 radical (unpaired) electrons. The van der Waals surface area contributed by atoms with Crippen LogP contribution in [0.1, 0.15) is 59.3 Å². The maximum absolute atomic E-state index is 11.4. The van der Waals surface area contributed by atoms with Gasteiger partial charge in [-0.15, -0.1) is 0 Å². The molecule has 3 nitrogen and oxygen atoms in total. The molecule has 1 saturated heterocycles. The molecule has 3 unspecified atom stereocenters. The highest BCUT2D eigenvalue weighted by Crippen LogP contribution is 2.54. The zero-order chi connectivity index (χ0) is 14.1. The van der Waals surface area contributed by atoms with E-state index < -0.39 is 11.0 Å². The molecule has 0 aromatic rings. The number of nitrogens with zero attached hydrogens (tertiary/aromatic N) is 1. The average molecular weight is 265 g/mol. The monoisotopic (exact) mass is 265 g/mol. The van der Waals surface area contributed by atoms with Crippen LogP contribution in [-0.2, 0) is 4.74 Å². The van der Waals surface area contributed by atoms with Gasteiger partial charge in [-0.3, -0.25) is 0 Å². The van der Waals surface area contributed by atoms with Gasteiger partial charge in [0.1, 0.15) is 5.41 Å². The molecular weight excluding hydrogens is 238 g/mol. The van der Waals surface area contributed by atoms with E-state index in [0.29, 0.717) is 6.61 Å². The first-order chi connectivity index (χ1) is 8.86. The van der Waals surface area contributed by atoms with E-state index in [0.717, 1.165) is 45.1 Å². The van der Waals surface area contributed by atoms with E-state index in [2.05, 4.69) is 26.8 Å². The Morgan fingerprint density at radius 1 is 1.21 bits per heavy atom. The molecule has 0 aromatic carbocycles. The first-order valence-electron chi connectivity index (χ1n) is 7.57. The molecule has 1 aliphatic carbocycles. The van der Waals surface area contributed by atoms with E-state index in [9.17, 15) is 10.4 Å². The summed E-state index contributed by atoms with van der Waals surface area (Å²) in [4.78, 5) is 0. The second-order valence-corrected chi connectivity index (χ2v) is 7.44. The maximum Gasteiger partial charge on any atom is 0.110 e. The number of rotatable bonds is 1. The molecule has 0 aromatic heterocycles. The van der Waals surface area contributed by atoms with E-state index in [-0.39, 0.29) is 11.3 Å². The smallest absolute Gasteiger partial charge is 0.110 e. The van der Waals surface area contributed by atoms with Crippen molar-refractivity contribution < 1.29 is 9.84 Å². The highest BCUT2D eigenvalue weighted by Gasteiger charge is 2.59. The first-order valence-corrected chi connectivity index (χ1v) is 7.57. The van der Waals surface area contributed by atoms with E-state index in [1.807, 2.05) is 0 Å². The Kier molecular flexibility index (Phi) is 3.95. The third-order valence-corrected chi connectivity index (χ3v) is 5.21. The third-order valence-electron chi connectivity index (χ3n) is 5.21. The molecule has 2 fully saturated rings. The second-order valence-electron chi connectivity index (χ2n) is 7.44. The lowest BCUT2D eigenvalue weighted by Gasteiger charge is -2.55. The van der Waals surface area contributed by atoms with Gasteiger partial charge in [0.2, 0.25) is 0 Å². The number of hydrogen-bond donors (Lipinski definition) is 1. The van der Waals surface area contributed by atoms with Crippen LogP contribution < -0.4 is 0 Å². The van der Waals surface area contributed by atoms with E-state index in [1.165, 1.54) is 0 Å². The molecule has 108 valence electrons. The van der Waals surface area contributed by atoms with Crippen LogP contribution in [0.5, 0.6) is 0 Å². The quantitative estimate of drug-likeness (QED) is 0.791. The SMILES string of the molecule is CC(C)(C)C1CCCCC1(O)C1(C#N)CCCOC1. The first kappa shape index (κ1) is 14.8. The minimum Gasteiger partial charge on any atom is -0.388 e. The molecule has 1 aliphatic heterocycles. The van der Waals surface area contributed by atoms with Gasteiger partial charge in [0.15, 0.2) is 0 Å². The van der Waals surface area contributed by atoms with Gasteiger partial charge in [-0.1, -0.05) is 33.6 Å². The lowest BCUT2D eigenvalue weighted by atomic mass is 9.53. The van der Waals surface area contributed by atoms with Gasteiger partial charge in [0.05, 0.1) is 18.3 Å². The predicted octanol–water partition coefficient (Wildman–Crippen LogP) is 3.27. The molecule has 0 amide bonds. The summed E-state index contributed by atoms with van der Waals surface area (Å²) in [6, 6.07) is 2.45. The normalized spacial score (nSPS) is 40.7. The molecule has 0 bridgehead atoms. The van der Waals surface area contributed by atoms with Crippen molar-refractivity contribution in [1.29, 1.82) is 5.26 Å². The maximum atomic E-state index is 11.4. The largest absolute Gasteiger partial charge is 0.388 e. The molecule has 3 atom stereocenters. The summed E-state index contributed by atoms with van der Waals surface area (Å²) in [5, 5.41) is 21.2. The lowest BCUT2D eigenvalue weighted by Crippen LogP contribution is -2.60. The van der Waals surface area contributed by atoms with Crippen molar-refractivity contribution in [1.82, 2.24) is 0 Å². The Morgan fingerprint density at radius 3 is 2.47 bits per heavy atom. The second kappa shape index (κ2) is 5.07. The molecule has 3 heteroatoms. The molecule has 1 N–H and O–H groups in total. The lowest BCUT2D eigenvalue weighted by molar-refractivity contribution is -0.186. The minimum absolute atomic E-state index is 0.0243. The van der Waals surface area contributed by atoms with E-state index in [1.54, 1.807) is 0 Å². The van der Waals surface area contributed by atoms with Crippen LogP contribution in [0.3, 0.4) is 0 Å². The molecule has 2 rings (SSSR count). The fourth-order valence-electron chi connectivity index (χ4n) is 4.20. The van der Waals surface area contributed by atoms with Crippen LogP contribution >= 0.6 is 0 Å². The minimum atomic E-state index is -0.890. The van der Waals surface area contributed by atoms with Gasteiger partial charge in [-0.2, -0.15) is 5.26 Å². The van der Waals surface area contributed by atoms with Gasteiger partial charge < -0.3 is 9.84 Å². The standard InChI is InChI=1S/C16H27NO2/c1-14(2,3)13-7-4-5-9-16(13,18)15(11-17)8-6-10-19-12-15/h13,18H,4-10,12H2,1-3H3. The third kappa shape index (κ3) is 2.41. The molecule has 0 spiro atoms. The van der Waals surface area contributed by atoms with E-state index in [4.69, 9.17) is 4.74 Å². The van der Waals surface area contributed by atoms with Gasteiger partial charge in [0, 0.05) is 6.61 Å². The topological polar surface area (TPSA) is 53.2 Å². The van der Waals surface area contributed by atoms with Gasteiger partial charge in [0.25, 0.3) is 0 Å². The van der Waals surface area contributed by atoms with Crippen LogP contribution in [0.2, 0.25) is 0 Å². The van der Waals surface area contributed by atoms with Crippen molar-refractivity contribution in [3.05, 3.63) is 0 Å². The van der Waals surface area contributed by atoms with E-state index >= 15 is 0 Å². The molecule has 19 heavy (non-hydrogen) atoms. The summed E-state index contributed by atoms with van der Waals surface area (Å²) >= 11 is 0. The van der Waals surface area contributed by atoms with Crippen molar-refractivity contribution in [3.63, 3.8) is 0 Å². The Labute approximate surface area is 117 Å². The van der Waals surface area contributed by atoms with Crippen molar-refractivity contribution in [2.75, 3.05) is 13.2 Å². The van der Waals surface area contributed by atoms with Gasteiger partial charge >= 0.3 is 0 Å². The molecule has 2 aliphatic rings. The van der Waals surface area contributed by atoms with Crippen LogP contribution in [0.25, 0.3) is 0 Å². The fraction of sp³-hybridized carbons (Fsp3) is 0.938. The van der Waals surface area contributed by atoms with Gasteiger partial charge in [-0.05, 0) is 37.0 Å².